The topological polar surface area (TPSA) is 61.4 Å². The van der Waals surface area contributed by atoms with E-state index in [1.165, 1.54) is 0 Å². The van der Waals surface area contributed by atoms with Crippen molar-refractivity contribution in [2.24, 2.45) is 0 Å². The smallest absolute Gasteiger partial charge is 0.243 e. The van der Waals surface area contributed by atoms with Gasteiger partial charge in [-0.2, -0.15) is 0 Å². The highest BCUT2D eigenvalue weighted by atomic mass is 16.2. The lowest BCUT2D eigenvalue weighted by Gasteiger charge is -2.18. The molecule has 5 nitrogen and oxygen atoms in total. The van der Waals surface area contributed by atoms with Crippen molar-refractivity contribution in [2.45, 2.75) is 19.8 Å². The number of carbonyl (C=O) groups is 2. The van der Waals surface area contributed by atoms with Gasteiger partial charge in [0, 0.05) is 30.5 Å². The highest BCUT2D eigenvalue weighted by molar-refractivity contribution is 5.95. The summed E-state index contributed by atoms with van der Waals surface area (Å²) in [5, 5.41) is 5.67. The number of hydrogen-bond donors (Lipinski definition) is 2. The molecule has 0 aliphatic rings. The molecule has 2 aromatic carbocycles. The summed E-state index contributed by atoms with van der Waals surface area (Å²) in [6.07, 6.45) is 1.32. The van der Waals surface area contributed by atoms with Crippen LogP contribution in [0.25, 0.3) is 0 Å². The van der Waals surface area contributed by atoms with Crippen LogP contribution < -0.4 is 15.5 Å². The number of anilines is 3. The van der Waals surface area contributed by atoms with E-state index in [0.29, 0.717) is 12.1 Å². The molecule has 24 heavy (non-hydrogen) atoms. The van der Waals surface area contributed by atoms with Crippen molar-refractivity contribution in [3.05, 3.63) is 54.6 Å². The number of likely N-dealkylation sites (N-methyl/N-ethyl adjacent to an activating group) is 1. The second kappa shape index (κ2) is 8.72. The molecule has 0 heterocycles. The van der Waals surface area contributed by atoms with E-state index in [1.807, 2.05) is 49.2 Å². The Labute approximate surface area is 142 Å². The Kier molecular flexibility index (Phi) is 6.37. The van der Waals surface area contributed by atoms with Crippen LogP contribution in [-0.4, -0.2) is 25.4 Å². The minimum absolute atomic E-state index is 0.00114. The number of amides is 2. The van der Waals surface area contributed by atoms with E-state index in [2.05, 4.69) is 10.6 Å². The number of nitrogens with one attached hydrogen (secondary N) is 2. The maximum Gasteiger partial charge on any atom is 0.243 e. The van der Waals surface area contributed by atoms with E-state index < -0.39 is 0 Å². The van der Waals surface area contributed by atoms with Crippen LogP contribution in [0.3, 0.4) is 0 Å². The summed E-state index contributed by atoms with van der Waals surface area (Å²) in [6, 6.07) is 16.9. The summed E-state index contributed by atoms with van der Waals surface area (Å²) in [5.74, 6) is -0.0945. The van der Waals surface area contributed by atoms with Crippen molar-refractivity contribution in [3.8, 4) is 0 Å². The van der Waals surface area contributed by atoms with Crippen molar-refractivity contribution in [3.63, 3.8) is 0 Å². The molecule has 0 radical (unpaired) electrons. The molecule has 2 N–H and O–H groups in total. The van der Waals surface area contributed by atoms with E-state index in [0.717, 1.165) is 17.8 Å². The highest BCUT2D eigenvalue weighted by Crippen LogP contribution is 2.15. The molecular formula is C19H23N3O2. The van der Waals surface area contributed by atoms with Crippen LogP contribution in [-0.2, 0) is 9.59 Å². The second-order valence-electron chi connectivity index (χ2n) is 5.62. The summed E-state index contributed by atoms with van der Waals surface area (Å²) < 4.78 is 0. The van der Waals surface area contributed by atoms with Gasteiger partial charge in [0.1, 0.15) is 0 Å². The molecule has 0 aromatic heterocycles. The quantitative estimate of drug-likeness (QED) is 0.819. The van der Waals surface area contributed by atoms with Gasteiger partial charge in [0.25, 0.3) is 0 Å². The maximum atomic E-state index is 12.1. The fourth-order valence-corrected chi connectivity index (χ4v) is 2.28. The van der Waals surface area contributed by atoms with Crippen LogP contribution in [0.4, 0.5) is 17.1 Å². The molecule has 2 rings (SSSR count). The van der Waals surface area contributed by atoms with Gasteiger partial charge in [0.05, 0.1) is 6.54 Å². The van der Waals surface area contributed by atoms with Gasteiger partial charge in [-0.15, -0.1) is 0 Å². The normalized spacial score (nSPS) is 10.1. The van der Waals surface area contributed by atoms with Crippen LogP contribution in [0.1, 0.15) is 19.8 Å². The predicted octanol–water partition coefficient (Wildman–Crippen LogP) is 3.50. The van der Waals surface area contributed by atoms with E-state index in [4.69, 9.17) is 0 Å². The summed E-state index contributed by atoms with van der Waals surface area (Å²) in [4.78, 5) is 25.5. The average Bonchev–Trinajstić information content (AvgIpc) is 2.57. The molecule has 5 heteroatoms. The van der Waals surface area contributed by atoms with Crippen LogP contribution >= 0.6 is 0 Å². The summed E-state index contributed by atoms with van der Waals surface area (Å²) >= 11 is 0. The predicted molar refractivity (Wildman–Crippen MR) is 98.3 cm³/mol. The van der Waals surface area contributed by atoms with Crippen molar-refractivity contribution in [1.82, 2.24) is 0 Å². The Morgan fingerprint density at radius 2 is 1.42 bits per heavy atom. The van der Waals surface area contributed by atoms with Crippen LogP contribution in [0.5, 0.6) is 0 Å². The molecule has 2 aromatic rings. The maximum absolute atomic E-state index is 12.1. The molecular weight excluding hydrogens is 302 g/mol. The van der Waals surface area contributed by atoms with Crippen LogP contribution in [0.2, 0.25) is 0 Å². The molecule has 0 spiro atoms. The molecule has 0 aliphatic carbocycles. The first-order chi connectivity index (χ1) is 11.6. The monoisotopic (exact) mass is 325 g/mol. The Morgan fingerprint density at radius 1 is 0.875 bits per heavy atom. The second-order valence-corrected chi connectivity index (χ2v) is 5.62. The number of benzene rings is 2. The Hall–Kier alpha value is -2.82. The average molecular weight is 325 g/mol. The Bertz CT molecular complexity index is 669. The number of hydrogen-bond acceptors (Lipinski definition) is 3. The molecule has 0 aliphatic heterocycles. The molecule has 0 bridgehead atoms. The van der Waals surface area contributed by atoms with E-state index in [9.17, 15) is 9.59 Å². The van der Waals surface area contributed by atoms with Crippen molar-refractivity contribution < 1.29 is 9.59 Å². The van der Waals surface area contributed by atoms with Gasteiger partial charge in [-0.05, 0) is 42.8 Å². The van der Waals surface area contributed by atoms with Gasteiger partial charge in [-0.3, -0.25) is 9.59 Å². The van der Waals surface area contributed by atoms with Gasteiger partial charge in [0.15, 0.2) is 0 Å². The molecule has 0 saturated carbocycles. The Balaban J connectivity index is 1.86. The third-order valence-corrected chi connectivity index (χ3v) is 3.51. The molecule has 126 valence electrons. The summed E-state index contributed by atoms with van der Waals surface area (Å²) in [5.41, 5.74) is 2.42. The highest BCUT2D eigenvalue weighted by Gasteiger charge is 2.08. The largest absolute Gasteiger partial charge is 0.365 e. The molecule has 0 fully saturated rings. The zero-order valence-electron chi connectivity index (χ0n) is 14.1. The SMILES string of the molecule is CCCC(=O)Nc1ccc(NC(=O)CN(C)c2ccccc2)cc1. The van der Waals surface area contributed by atoms with Gasteiger partial charge >= 0.3 is 0 Å². The zero-order valence-corrected chi connectivity index (χ0v) is 14.1. The first-order valence-corrected chi connectivity index (χ1v) is 8.04. The minimum atomic E-state index is -0.0934. The first-order valence-electron chi connectivity index (χ1n) is 8.04. The Morgan fingerprint density at radius 3 is 1.96 bits per heavy atom. The summed E-state index contributed by atoms with van der Waals surface area (Å²) in [6.45, 7) is 2.23. The lowest BCUT2D eigenvalue weighted by atomic mass is 10.2. The van der Waals surface area contributed by atoms with E-state index >= 15 is 0 Å². The van der Waals surface area contributed by atoms with E-state index in [-0.39, 0.29) is 18.4 Å². The van der Waals surface area contributed by atoms with Crippen molar-refractivity contribution in [2.75, 3.05) is 29.1 Å². The van der Waals surface area contributed by atoms with Crippen molar-refractivity contribution in [1.29, 1.82) is 0 Å². The molecule has 0 atom stereocenters. The lowest BCUT2D eigenvalue weighted by molar-refractivity contribution is -0.116. The van der Waals surface area contributed by atoms with Gasteiger partial charge < -0.3 is 15.5 Å². The van der Waals surface area contributed by atoms with Gasteiger partial charge in [-0.1, -0.05) is 25.1 Å². The summed E-state index contributed by atoms with van der Waals surface area (Å²) in [7, 11) is 1.88. The lowest BCUT2D eigenvalue weighted by Crippen LogP contribution is -2.29. The molecule has 0 unspecified atom stereocenters. The number of rotatable bonds is 7. The van der Waals surface area contributed by atoms with Gasteiger partial charge in [0.2, 0.25) is 11.8 Å². The number of carbonyl (C=O) groups excluding carboxylic acids is 2. The van der Waals surface area contributed by atoms with Crippen LogP contribution in [0.15, 0.2) is 54.6 Å². The fraction of sp³-hybridized carbons (Fsp3) is 0.263. The third-order valence-electron chi connectivity index (χ3n) is 3.51. The van der Waals surface area contributed by atoms with Crippen LogP contribution in [0, 0.1) is 0 Å². The third kappa shape index (κ3) is 5.43. The van der Waals surface area contributed by atoms with Crippen molar-refractivity contribution >= 4 is 28.9 Å². The number of nitrogens with zero attached hydrogens (tertiary/aromatic N) is 1. The fourth-order valence-electron chi connectivity index (χ4n) is 2.28. The van der Waals surface area contributed by atoms with E-state index in [1.54, 1.807) is 24.3 Å². The van der Waals surface area contributed by atoms with Gasteiger partial charge in [-0.25, -0.2) is 0 Å². The standard InChI is InChI=1S/C19H23N3O2/c1-3-7-18(23)20-15-10-12-16(13-11-15)21-19(24)14-22(2)17-8-5-4-6-9-17/h4-6,8-13H,3,7,14H2,1-2H3,(H,20,23)(H,21,24). The minimum Gasteiger partial charge on any atom is -0.365 e. The molecule has 0 saturated heterocycles. The molecule has 2 amide bonds. The number of para-hydroxylation sites is 1. The zero-order chi connectivity index (χ0) is 17.4. The first kappa shape index (κ1) is 17.5.